The molecule has 1 saturated heterocycles. The summed E-state index contributed by atoms with van der Waals surface area (Å²) in [6.45, 7) is 2.86. The van der Waals surface area contributed by atoms with E-state index in [9.17, 15) is 18.0 Å². The average Bonchev–Trinajstić information content (AvgIpc) is 3.56. The van der Waals surface area contributed by atoms with Gasteiger partial charge >= 0.3 is 6.09 Å². The molecule has 1 aliphatic carbocycles. The Labute approximate surface area is 340 Å². The number of nitrogens with zero attached hydrogens (tertiary/aromatic N) is 1. The molecule has 0 saturated carbocycles. The van der Waals surface area contributed by atoms with Gasteiger partial charge in [-0.3, -0.25) is 4.79 Å². The molecule has 2 unspecified atom stereocenters. The highest BCUT2D eigenvalue weighted by atomic mass is 32.2. The van der Waals surface area contributed by atoms with Gasteiger partial charge in [0.25, 0.3) is 0 Å². The molecule has 2 amide bonds. The molecule has 0 aromatic heterocycles. The fourth-order valence-corrected chi connectivity index (χ4v) is 10.6. The Morgan fingerprint density at radius 3 is 2.05 bits per heavy atom. The van der Waals surface area contributed by atoms with Gasteiger partial charge in [-0.15, -0.1) is 0 Å². The lowest BCUT2D eigenvalue weighted by atomic mass is 9.69. The molecule has 3 aliphatic rings. The first-order valence-corrected chi connectivity index (χ1v) is 21.5. The smallest absolute Gasteiger partial charge is 0.409 e. The molecule has 0 radical (unpaired) electrons. The first kappa shape index (κ1) is 39.3. The van der Waals surface area contributed by atoms with Crippen LogP contribution in [0.5, 0.6) is 11.5 Å². The SMILES string of the molecule is COCCCCC1(CNC(=O)C2CC(NS(=O)(=O)c3ccccc3C)CN(C(=O)OCC3c4ccccc4-c4ccccc43)C2)c2ccccc2Oc2ccccc21. The normalized spacial score (nSPS) is 17.9. The molecule has 5 aromatic carbocycles. The summed E-state index contributed by atoms with van der Waals surface area (Å²) in [4.78, 5) is 30.2. The van der Waals surface area contributed by atoms with Crippen molar-refractivity contribution in [3.8, 4) is 22.6 Å². The van der Waals surface area contributed by atoms with Crippen molar-refractivity contribution in [2.24, 2.45) is 5.92 Å². The van der Waals surface area contributed by atoms with E-state index >= 15 is 0 Å². The summed E-state index contributed by atoms with van der Waals surface area (Å²) in [5.74, 6) is 0.337. The van der Waals surface area contributed by atoms with E-state index < -0.39 is 33.5 Å². The predicted octanol–water partition coefficient (Wildman–Crippen LogP) is 7.94. The molecule has 2 atom stereocenters. The summed E-state index contributed by atoms with van der Waals surface area (Å²) >= 11 is 0. The van der Waals surface area contributed by atoms with E-state index in [1.54, 1.807) is 38.3 Å². The number of sulfonamides is 1. The van der Waals surface area contributed by atoms with Crippen molar-refractivity contribution < 1.29 is 32.2 Å². The Bertz CT molecular complexity index is 2330. The number of fused-ring (bicyclic) bond motifs is 5. The number of piperidine rings is 1. The third-order valence-corrected chi connectivity index (χ3v) is 13.6. The van der Waals surface area contributed by atoms with Crippen LogP contribution in [0.15, 0.2) is 126 Å². The fraction of sp³-hybridized carbons (Fsp3) is 0.319. The monoisotopic (exact) mass is 799 g/mol. The maximum absolute atomic E-state index is 14.5. The van der Waals surface area contributed by atoms with Crippen molar-refractivity contribution in [1.29, 1.82) is 0 Å². The fourth-order valence-electron chi connectivity index (χ4n) is 9.12. The number of aryl methyl sites for hydroxylation is 1. The largest absolute Gasteiger partial charge is 0.457 e. The van der Waals surface area contributed by atoms with Crippen LogP contribution in [0.2, 0.25) is 0 Å². The molecule has 11 heteroatoms. The molecule has 300 valence electrons. The highest BCUT2D eigenvalue weighted by Crippen LogP contribution is 2.50. The van der Waals surface area contributed by atoms with Crippen LogP contribution in [-0.2, 0) is 29.7 Å². The molecular weight excluding hydrogens is 751 g/mol. The maximum Gasteiger partial charge on any atom is 0.409 e. The van der Waals surface area contributed by atoms with Crippen molar-refractivity contribution in [3.05, 3.63) is 149 Å². The van der Waals surface area contributed by atoms with Gasteiger partial charge in [-0.2, -0.15) is 0 Å². The Morgan fingerprint density at radius 1 is 0.793 bits per heavy atom. The van der Waals surface area contributed by atoms with Crippen molar-refractivity contribution in [1.82, 2.24) is 14.9 Å². The van der Waals surface area contributed by atoms with E-state index in [2.05, 4.69) is 46.4 Å². The van der Waals surface area contributed by atoms with Gasteiger partial charge in [0.05, 0.1) is 10.8 Å². The number of benzene rings is 5. The van der Waals surface area contributed by atoms with Gasteiger partial charge in [0, 0.05) is 61.9 Å². The lowest BCUT2D eigenvalue weighted by Gasteiger charge is -2.41. The Balaban J connectivity index is 1.05. The number of ether oxygens (including phenoxy) is 3. The topological polar surface area (TPSA) is 123 Å². The molecule has 2 aliphatic heterocycles. The van der Waals surface area contributed by atoms with Gasteiger partial charge in [-0.1, -0.05) is 103 Å². The van der Waals surface area contributed by atoms with Crippen LogP contribution in [-0.4, -0.2) is 71.3 Å². The van der Waals surface area contributed by atoms with Gasteiger partial charge in [0.1, 0.15) is 18.1 Å². The number of likely N-dealkylation sites (tertiary alicyclic amines) is 1. The molecule has 0 spiro atoms. The predicted molar refractivity (Wildman–Crippen MR) is 223 cm³/mol. The number of hydrogen-bond donors (Lipinski definition) is 2. The zero-order chi connectivity index (χ0) is 40.3. The lowest BCUT2D eigenvalue weighted by molar-refractivity contribution is -0.127. The summed E-state index contributed by atoms with van der Waals surface area (Å²) in [6, 6.07) is 38.2. The number of para-hydroxylation sites is 2. The third-order valence-electron chi connectivity index (χ3n) is 11.9. The second-order valence-electron chi connectivity index (χ2n) is 15.6. The van der Waals surface area contributed by atoms with Gasteiger partial charge < -0.3 is 24.4 Å². The molecule has 0 bridgehead atoms. The maximum atomic E-state index is 14.5. The van der Waals surface area contributed by atoms with Crippen LogP contribution in [0.1, 0.15) is 59.4 Å². The summed E-state index contributed by atoms with van der Waals surface area (Å²) < 4.78 is 48.2. The van der Waals surface area contributed by atoms with Crippen molar-refractivity contribution >= 4 is 22.0 Å². The van der Waals surface area contributed by atoms with Crippen LogP contribution in [0.25, 0.3) is 11.1 Å². The molecule has 5 aromatic rings. The van der Waals surface area contributed by atoms with Crippen LogP contribution in [0, 0.1) is 12.8 Å². The Hall–Kier alpha value is -5.49. The first-order valence-electron chi connectivity index (χ1n) is 20.0. The van der Waals surface area contributed by atoms with E-state index in [1.807, 2.05) is 60.7 Å². The lowest BCUT2D eigenvalue weighted by Crippen LogP contribution is -2.56. The van der Waals surface area contributed by atoms with E-state index in [-0.39, 0.29) is 49.4 Å². The van der Waals surface area contributed by atoms with Crippen molar-refractivity contribution in [2.75, 3.05) is 40.0 Å². The molecule has 2 heterocycles. The molecular formula is C47H49N3O7S. The minimum absolute atomic E-state index is 0.0487. The summed E-state index contributed by atoms with van der Waals surface area (Å²) in [6.07, 6.45) is 2.01. The van der Waals surface area contributed by atoms with E-state index in [4.69, 9.17) is 14.2 Å². The molecule has 58 heavy (non-hydrogen) atoms. The number of carbonyl (C=O) groups is 2. The van der Waals surface area contributed by atoms with Gasteiger partial charge in [-0.05, 0) is 78.6 Å². The minimum atomic E-state index is -3.99. The van der Waals surface area contributed by atoms with E-state index in [1.165, 1.54) is 4.90 Å². The van der Waals surface area contributed by atoms with Crippen molar-refractivity contribution in [2.45, 2.75) is 54.9 Å². The zero-order valence-corrected chi connectivity index (χ0v) is 33.7. The number of carbonyl (C=O) groups excluding carboxylic acids is 2. The number of hydrogen-bond acceptors (Lipinski definition) is 7. The Morgan fingerprint density at radius 2 is 1.40 bits per heavy atom. The van der Waals surface area contributed by atoms with Crippen LogP contribution >= 0.6 is 0 Å². The number of amides is 2. The third kappa shape index (κ3) is 7.74. The second-order valence-corrected chi connectivity index (χ2v) is 17.3. The van der Waals surface area contributed by atoms with Gasteiger partial charge in [-0.25, -0.2) is 17.9 Å². The van der Waals surface area contributed by atoms with Crippen molar-refractivity contribution in [3.63, 3.8) is 0 Å². The number of methoxy groups -OCH3 is 1. The Kier molecular flexibility index (Phi) is 11.4. The standard InChI is InChI=1S/C47H49N3O7S/c1-32-15-3-12-24-44(32)58(53,54)49-34-27-33(28-50(29-34)46(52)56-30-39-37-18-6-4-16-35(37)36-17-5-7-19-38(36)39)45(51)48-31-47(25-13-14-26-55-2)40-20-8-10-22-42(40)57-43-23-11-9-21-41(43)47/h3-12,15-24,33-34,39,49H,13-14,25-31H2,1-2H3,(H,48,51). The zero-order valence-electron chi connectivity index (χ0n) is 32.9. The van der Waals surface area contributed by atoms with Crippen LogP contribution < -0.4 is 14.8 Å². The minimum Gasteiger partial charge on any atom is -0.457 e. The average molecular weight is 800 g/mol. The van der Waals surface area contributed by atoms with E-state index in [0.29, 0.717) is 12.2 Å². The van der Waals surface area contributed by atoms with Gasteiger partial charge in [0.15, 0.2) is 0 Å². The molecule has 10 nitrogen and oxygen atoms in total. The number of unbranched alkanes of at least 4 members (excludes halogenated alkanes) is 1. The quantitative estimate of drug-likeness (QED) is 0.116. The first-order chi connectivity index (χ1) is 28.2. The summed E-state index contributed by atoms with van der Waals surface area (Å²) in [5.41, 5.74) is 6.37. The van der Waals surface area contributed by atoms with Gasteiger partial charge in [0.2, 0.25) is 15.9 Å². The highest BCUT2D eigenvalue weighted by Gasteiger charge is 2.43. The van der Waals surface area contributed by atoms with E-state index in [0.717, 1.165) is 64.1 Å². The summed E-state index contributed by atoms with van der Waals surface area (Å²) in [7, 11) is -2.29. The summed E-state index contributed by atoms with van der Waals surface area (Å²) in [5, 5.41) is 3.29. The molecule has 2 N–H and O–H groups in total. The molecule has 1 fully saturated rings. The van der Waals surface area contributed by atoms with Crippen LogP contribution in [0.4, 0.5) is 4.79 Å². The number of rotatable bonds is 13. The number of nitrogens with one attached hydrogen (secondary N) is 2. The molecule has 8 rings (SSSR count). The second kappa shape index (κ2) is 16.8. The highest BCUT2D eigenvalue weighted by molar-refractivity contribution is 7.89. The van der Waals surface area contributed by atoms with Crippen LogP contribution in [0.3, 0.4) is 0 Å².